The molecule has 1 aromatic rings. The van der Waals surface area contributed by atoms with Crippen molar-refractivity contribution in [1.29, 1.82) is 0 Å². The van der Waals surface area contributed by atoms with Crippen molar-refractivity contribution >= 4 is 22.4 Å². The molecule has 0 spiro atoms. The molecule has 1 aliphatic rings. The molecule has 6 nitrogen and oxygen atoms in total. The summed E-state index contributed by atoms with van der Waals surface area (Å²) in [5.74, 6) is -0.190. The quantitative estimate of drug-likeness (QED) is 0.788. The van der Waals surface area contributed by atoms with Gasteiger partial charge in [-0.1, -0.05) is 0 Å². The summed E-state index contributed by atoms with van der Waals surface area (Å²) in [5, 5.41) is 6.34. The molecule has 0 saturated carbocycles. The van der Waals surface area contributed by atoms with Crippen LogP contribution in [0.2, 0.25) is 0 Å². The molecule has 21 heavy (non-hydrogen) atoms. The van der Waals surface area contributed by atoms with Gasteiger partial charge in [-0.2, -0.15) is 0 Å². The van der Waals surface area contributed by atoms with Crippen LogP contribution in [0, 0.1) is 0 Å². The van der Waals surface area contributed by atoms with E-state index in [1.54, 1.807) is 11.3 Å². The molecule has 0 bridgehead atoms. The molecule has 1 atom stereocenters. The van der Waals surface area contributed by atoms with Crippen LogP contribution in [0.3, 0.4) is 0 Å². The van der Waals surface area contributed by atoms with Crippen LogP contribution in [0.25, 0.3) is 0 Å². The van der Waals surface area contributed by atoms with E-state index in [-0.39, 0.29) is 5.97 Å². The molecule has 0 radical (unpaired) electrons. The summed E-state index contributed by atoms with van der Waals surface area (Å²) in [6.07, 6.45) is 1.02. The topological polar surface area (TPSA) is 57.7 Å². The first-order valence-corrected chi connectivity index (χ1v) is 8.10. The van der Waals surface area contributed by atoms with E-state index in [9.17, 15) is 4.79 Å². The summed E-state index contributed by atoms with van der Waals surface area (Å²) >= 11 is 1.59. The van der Waals surface area contributed by atoms with E-state index in [1.807, 2.05) is 5.38 Å². The minimum atomic E-state index is -0.190. The summed E-state index contributed by atoms with van der Waals surface area (Å²) < 4.78 is 4.64. The summed E-state index contributed by atoms with van der Waals surface area (Å²) in [6.45, 7) is 4.20. The predicted molar refractivity (Wildman–Crippen MR) is 84.9 cm³/mol. The SMILES string of the molecule is COC(=O)CCc1csc(NCC2CN(C)CCN2C)n1. The van der Waals surface area contributed by atoms with Crippen LogP contribution in [0.1, 0.15) is 12.1 Å². The number of nitrogens with zero attached hydrogens (tertiary/aromatic N) is 3. The van der Waals surface area contributed by atoms with E-state index in [0.717, 1.165) is 37.0 Å². The zero-order chi connectivity index (χ0) is 15.2. The molecule has 1 aliphatic heterocycles. The molecule has 2 heterocycles. The largest absolute Gasteiger partial charge is 0.469 e. The van der Waals surface area contributed by atoms with E-state index >= 15 is 0 Å². The van der Waals surface area contributed by atoms with Gasteiger partial charge in [-0.15, -0.1) is 11.3 Å². The first-order valence-electron chi connectivity index (χ1n) is 7.22. The molecule has 0 aromatic carbocycles. The number of methoxy groups -OCH3 is 1. The van der Waals surface area contributed by atoms with E-state index in [4.69, 9.17) is 0 Å². The number of aromatic nitrogens is 1. The maximum Gasteiger partial charge on any atom is 0.305 e. The van der Waals surface area contributed by atoms with Gasteiger partial charge >= 0.3 is 5.97 Å². The van der Waals surface area contributed by atoms with Crippen molar-refractivity contribution in [2.45, 2.75) is 18.9 Å². The summed E-state index contributed by atoms with van der Waals surface area (Å²) in [7, 11) is 5.74. The second-order valence-corrected chi connectivity index (χ2v) is 6.36. The Morgan fingerprint density at radius 3 is 3.10 bits per heavy atom. The lowest BCUT2D eigenvalue weighted by atomic mass is 10.2. The number of piperazine rings is 1. The Morgan fingerprint density at radius 1 is 1.52 bits per heavy atom. The number of esters is 1. The van der Waals surface area contributed by atoms with Gasteiger partial charge in [0, 0.05) is 44.0 Å². The van der Waals surface area contributed by atoms with Gasteiger partial charge in [-0.25, -0.2) is 4.98 Å². The number of thiazole rings is 1. The van der Waals surface area contributed by atoms with Gasteiger partial charge in [0.2, 0.25) is 0 Å². The molecular formula is C14H24N4O2S. The van der Waals surface area contributed by atoms with Crippen molar-refractivity contribution in [3.8, 4) is 0 Å². The number of hydrogen-bond donors (Lipinski definition) is 1. The maximum atomic E-state index is 11.1. The van der Waals surface area contributed by atoms with Crippen molar-refractivity contribution in [2.75, 3.05) is 52.7 Å². The molecule has 7 heteroatoms. The second kappa shape index (κ2) is 7.72. The minimum absolute atomic E-state index is 0.190. The van der Waals surface area contributed by atoms with Crippen LogP contribution in [-0.2, 0) is 16.0 Å². The Bertz CT molecular complexity index is 466. The van der Waals surface area contributed by atoms with E-state index < -0.39 is 0 Å². The van der Waals surface area contributed by atoms with E-state index in [0.29, 0.717) is 18.9 Å². The lowest BCUT2D eigenvalue weighted by Crippen LogP contribution is -2.52. The molecule has 1 N–H and O–H groups in total. The van der Waals surface area contributed by atoms with Crippen LogP contribution in [0.5, 0.6) is 0 Å². The number of carbonyl (C=O) groups is 1. The van der Waals surface area contributed by atoms with Gasteiger partial charge in [0.1, 0.15) is 0 Å². The van der Waals surface area contributed by atoms with E-state index in [2.05, 4.69) is 38.9 Å². The van der Waals surface area contributed by atoms with Crippen molar-refractivity contribution in [1.82, 2.24) is 14.8 Å². The number of anilines is 1. The first-order chi connectivity index (χ1) is 10.1. The summed E-state index contributed by atoms with van der Waals surface area (Å²) in [4.78, 5) is 20.4. The van der Waals surface area contributed by atoms with Crippen molar-refractivity contribution in [3.63, 3.8) is 0 Å². The zero-order valence-corrected chi connectivity index (χ0v) is 13.8. The zero-order valence-electron chi connectivity index (χ0n) is 13.0. The van der Waals surface area contributed by atoms with Crippen LogP contribution >= 0.6 is 11.3 Å². The van der Waals surface area contributed by atoms with Crippen molar-refractivity contribution in [3.05, 3.63) is 11.1 Å². The Labute approximate surface area is 130 Å². The highest BCUT2D eigenvalue weighted by atomic mass is 32.1. The van der Waals surface area contributed by atoms with Crippen LogP contribution in [0.4, 0.5) is 5.13 Å². The van der Waals surface area contributed by atoms with Gasteiger partial charge in [0.15, 0.2) is 5.13 Å². The molecule has 118 valence electrons. The molecule has 2 rings (SSSR count). The monoisotopic (exact) mass is 312 g/mol. The minimum Gasteiger partial charge on any atom is -0.469 e. The Balaban J connectivity index is 1.78. The normalized spacial score (nSPS) is 20.4. The van der Waals surface area contributed by atoms with Crippen LogP contribution in [-0.4, -0.2) is 74.2 Å². The van der Waals surface area contributed by atoms with Crippen molar-refractivity contribution in [2.24, 2.45) is 0 Å². The fourth-order valence-corrected chi connectivity index (χ4v) is 3.12. The van der Waals surface area contributed by atoms with Gasteiger partial charge in [0.25, 0.3) is 0 Å². The van der Waals surface area contributed by atoms with Crippen molar-refractivity contribution < 1.29 is 9.53 Å². The Kier molecular flexibility index (Phi) is 5.96. The first kappa shape index (κ1) is 16.2. The molecule has 1 unspecified atom stereocenters. The third-order valence-electron chi connectivity index (χ3n) is 3.83. The number of likely N-dealkylation sites (N-methyl/N-ethyl adjacent to an activating group) is 2. The van der Waals surface area contributed by atoms with Gasteiger partial charge in [0.05, 0.1) is 19.2 Å². The Morgan fingerprint density at radius 2 is 2.33 bits per heavy atom. The fraction of sp³-hybridized carbons (Fsp3) is 0.714. The molecule has 0 amide bonds. The maximum absolute atomic E-state index is 11.1. The average Bonchev–Trinajstić information content (AvgIpc) is 2.93. The lowest BCUT2D eigenvalue weighted by molar-refractivity contribution is -0.140. The van der Waals surface area contributed by atoms with Gasteiger partial charge < -0.3 is 15.0 Å². The highest BCUT2D eigenvalue weighted by Crippen LogP contribution is 2.17. The van der Waals surface area contributed by atoms with E-state index in [1.165, 1.54) is 7.11 Å². The standard InChI is InChI=1S/C14H24N4O2S/c1-17-6-7-18(2)12(9-17)8-15-14-16-11(10-21-14)4-5-13(19)20-3/h10,12H,4-9H2,1-3H3,(H,15,16). The second-order valence-electron chi connectivity index (χ2n) is 5.50. The molecule has 1 fully saturated rings. The third kappa shape index (κ3) is 4.94. The van der Waals surface area contributed by atoms with Crippen LogP contribution in [0.15, 0.2) is 5.38 Å². The highest BCUT2D eigenvalue weighted by molar-refractivity contribution is 7.13. The van der Waals surface area contributed by atoms with Crippen LogP contribution < -0.4 is 5.32 Å². The highest BCUT2D eigenvalue weighted by Gasteiger charge is 2.21. The summed E-state index contributed by atoms with van der Waals surface area (Å²) in [5.41, 5.74) is 0.946. The average molecular weight is 312 g/mol. The number of nitrogens with one attached hydrogen (secondary N) is 1. The predicted octanol–water partition coefficient (Wildman–Crippen LogP) is 0.906. The molecule has 1 saturated heterocycles. The third-order valence-corrected chi connectivity index (χ3v) is 4.68. The number of ether oxygens (including phenoxy) is 1. The summed E-state index contributed by atoms with van der Waals surface area (Å²) in [6, 6.07) is 0.506. The lowest BCUT2D eigenvalue weighted by Gasteiger charge is -2.37. The Hall–Kier alpha value is -1.18. The number of aryl methyl sites for hydroxylation is 1. The number of carbonyl (C=O) groups excluding carboxylic acids is 1. The molecular weight excluding hydrogens is 288 g/mol. The fourth-order valence-electron chi connectivity index (χ4n) is 2.36. The smallest absolute Gasteiger partial charge is 0.305 e. The van der Waals surface area contributed by atoms with Gasteiger partial charge in [-0.3, -0.25) is 9.69 Å². The number of rotatable bonds is 6. The molecule has 1 aromatic heterocycles. The van der Waals surface area contributed by atoms with Gasteiger partial charge in [-0.05, 0) is 14.1 Å². The number of hydrogen-bond acceptors (Lipinski definition) is 7. The molecule has 0 aliphatic carbocycles.